The topological polar surface area (TPSA) is 38.9 Å². The van der Waals surface area contributed by atoms with Gasteiger partial charge in [0.1, 0.15) is 0 Å². The predicted molar refractivity (Wildman–Crippen MR) is 132 cm³/mol. The largest absolute Gasteiger partial charge is 0.296 e. The molecular formula is C23H19Cl2N5S2. The first-order chi connectivity index (χ1) is 15.7. The summed E-state index contributed by atoms with van der Waals surface area (Å²) in [6.07, 6.45) is 7.77. The first-order valence-electron chi connectivity index (χ1n) is 9.96. The summed E-state index contributed by atoms with van der Waals surface area (Å²) in [4.78, 5) is 11.3. The van der Waals surface area contributed by atoms with Gasteiger partial charge in [0, 0.05) is 76.6 Å². The average molecular weight is 500 g/mol. The van der Waals surface area contributed by atoms with E-state index in [2.05, 4.69) is 60.7 Å². The Hall–Kier alpha value is -2.42. The zero-order valence-electron chi connectivity index (χ0n) is 16.9. The fraction of sp³-hybridized carbons (Fsp3) is 0.130. The zero-order chi connectivity index (χ0) is 21.9. The molecule has 0 atom stereocenters. The van der Waals surface area contributed by atoms with E-state index in [9.17, 15) is 0 Å². The second-order valence-electron chi connectivity index (χ2n) is 7.25. The Morgan fingerprint density at radius 3 is 1.88 bits per heavy atom. The quantitative estimate of drug-likeness (QED) is 0.238. The molecule has 4 heterocycles. The van der Waals surface area contributed by atoms with Crippen LogP contribution >= 0.6 is 45.9 Å². The van der Waals surface area contributed by atoms with Crippen molar-refractivity contribution in [1.82, 2.24) is 24.0 Å². The maximum absolute atomic E-state index is 6.52. The Bertz CT molecular complexity index is 1220. The highest BCUT2D eigenvalue weighted by Gasteiger charge is 2.16. The summed E-state index contributed by atoms with van der Waals surface area (Å²) in [5, 5.41) is 7.21. The van der Waals surface area contributed by atoms with Crippen LogP contribution < -0.4 is 0 Å². The number of rotatable bonds is 8. The van der Waals surface area contributed by atoms with Gasteiger partial charge >= 0.3 is 0 Å². The molecule has 0 radical (unpaired) electrons. The molecular weight excluding hydrogens is 481 g/mol. The van der Waals surface area contributed by atoms with E-state index in [1.54, 1.807) is 28.7 Å². The van der Waals surface area contributed by atoms with Gasteiger partial charge < -0.3 is 0 Å². The van der Waals surface area contributed by atoms with Crippen LogP contribution in [-0.4, -0.2) is 24.0 Å². The molecule has 9 heteroatoms. The minimum Gasteiger partial charge on any atom is -0.296 e. The summed E-state index contributed by atoms with van der Waals surface area (Å²) in [5.74, 6) is 0. The van der Waals surface area contributed by atoms with E-state index in [0.29, 0.717) is 16.6 Å². The zero-order valence-corrected chi connectivity index (χ0v) is 20.1. The minimum atomic E-state index is 0.639. The molecule has 32 heavy (non-hydrogen) atoms. The van der Waals surface area contributed by atoms with Crippen molar-refractivity contribution in [2.45, 2.75) is 19.6 Å². The number of benzene rings is 1. The van der Waals surface area contributed by atoms with Gasteiger partial charge in [-0.25, -0.2) is 9.97 Å². The number of halogens is 2. The van der Waals surface area contributed by atoms with Gasteiger partial charge in [-0.3, -0.25) is 14.0 Å². The first kappa shape index (κ1) is 21.4. The smallest absolute Gasteiger partial charge is 0.193 e. The maximum Gasteiger partial charge on any atom is 0.193 e. The summed E-state index contributed by atoms with van der Waals surface area (Å²) < 4.78 is 4.28. The lowest BCUT2D eigenvalue weighted by molar-refractivity contribution is 0.239. The molecule has 1 aromatic carbocycles. The fourth-order valence-electron chi connectivity index (χ4n) is 3.65. The lowest BCUT2D eigenvalue weighted by Crippen LogP contribution is -2.25. The van der Waals surface area contributed by atoms with Gasteiger partial charge in [-0.1, -0.05) is 29.3 Å². The summed E-state index contributed by atoms with van der Waals surface area (Å²) in [6, 6.07) is 14.1. The van der Waals surface area contributed by atoms with E-state index in [-0.39, 0.29) is 0 Å². The highest BCUT2D eigenvalue weighted by Crippen LogP contribution is 2.25. The standard InChI is InChI=1S/C23H19Cl2N5S2/c24-18-6-5-17(21(25)13-18)14-28(15-19-3-1-9-29(19)22-26-7-11-31-22)16-20-4-2-10-30(20)23-27-8-12-32-23/h1-13H,14-16H2. The number of hydrogen-bond donors (Lipinski definition) is 0. The number of thiazole rings is 2. The highest BCUT2D eigenvalue weighted by atomic mass is 35.5. The minimum absolute atomic E-state index is 0.639. The van der Waals surface area contributed by atoms with E-state index in [1.807, 2.05) is 35.3 Å². The van der Waals surface area contributed by atoms with Gasteiger partial charge in [-0.15, -0.1) is 22.7 Å². The molecule has 0 aliphatic rings. The van der Waals surface area contributed by atoms with Gasteiger partial charge in [0.2, 0.25) is 0 Å². The fourth-order valence-corrected chi connectivity index (χ4v) is 5.43. The lowest BCUT2D eigenvalue weighted by Gasteiger charge is -2.24. The molecule has 4 aromatic heterocycles. The van der Waals surface area contributed by atoms with E-state index in [0.717, 1.165) is 40.3 Å². The van der Waals surface area contributed by atoms with Crippen LogP contribution in [0.4, 0.5) is 0 Å². The molecule has 0 aliphatic carbocycles. The van der Waals surface area contributed by atoms with Gasteiger partial charge in [-0.2, -0.15) is 0 Å². The van der Waals surface area contributed by atoms with Crippen molar-refractivity contribution < 1.29 is 0 Å². The van der Waals surface area contributed by atoms with Crippen molar-refractivity contribution in [2.24, 2.45) is 0 Å². The van der Waals surface area contributed by atoms with Gasteiger partial charge in [0.15, 0.2) is 10.3 Å². The van der Waals surface area contributed by atoms with Crippen molar-refractivity contribution >= 4 is 45.9 Å². The Morgan fingerprint density at radius 2 is 1.38 bits per heavy atom. The number of hydrogen-bond acceptors (Lipinski definition) is 5. The van der Waals surface area contributed by atoms with Crippen LogP contribution in [0.1, 0.15) is 17.0 Å². The SMILES string of the molecule is Clc1ccc(CN(Cc2cccn2-c2nccs2)Cc2cccn2-c2nccs2)c(Cl)c1. The van der Waals surface area contributed by atoms with E-state index >= 15 is 0 Å². The molecule has 0 amide bonds. The first-order valence-corrected chi connectivity index (χ1v) is 12.5. The van der Waals surface area contributed by atoms with Crippen LogP contribution in [0.25, 0.3) is 10.3 Å². The van der Waals surface area contributed by atoms with Crippen molar-refractivity contribution in [3.05, 3.63) is 105 Å². The van der Waals surface area contributed by atoms with Crippen LogP contribution in [-0.2, 0) is 19.6 Å². The molecule has 0 unspecified atom stereocenters. The van der Waals surface area contributed by atoms with E-state index in [1.165, 1.54) is 0 Å². The Labute approximate surface area is 204 Å². The Balaban J connectivity index is 1.46. The highest BCUT2D eigenvalue weighted by molar-refractivity contribution is 7.12. The summed E-state index contributed by atoms with van der Waals surface area (Å²) in [6.45, 7) is 2.14. The van der Waals surface area contributed by atoms with Crippen molar-refractivity contribution in [1.29, 1.82) is 0 Å². The third-order valence-corrected chi connectivity index (χ3v) is 7.23. The van der Waals surface area contributed by atoms with Crippen LogP contribution in [0.5, 0.6) is 0 Å². The molecule has 0 N–H and O–H groups in total. The summed E-state index contributed by atoms with van der Waals surface area (Å²) >= 11 is 15.9. The molecule has 0 saturated carbocycles. The predicted octanol–water partition coefficient (Wildman–Crippen LogP) is 6.69. The monoisotopic (exact) mass is 499 g/mol. The lowest BCUT2D eigenvalue weighted by atomic mass is 10.2. The van der Waals surface area contributed by atoms with Crippen LogP contribution in [0, 0.1) is 0 Å². The molecule has 5 rings (SSSR count). The van der Waals surface area contributed by atoms with E-state index < -0.39 is 0 Å². The van der Waals surface area contributed by atoms with Gasteiger partial charge in [0.25, 0.3) is 0 Å². The number of nitrogens with zero attached hydrogens (tertiary/aromatic N) is 5. The molecule has 0 saturated heterocycles. The Morgan fingerprint density at radius 1 is 0.781 bits per heavy atom. The van der Waals surface area contributed by atoms with Crippen LogP contribution in [0.3, 0.4) is 0 Å². The molecule has 5 aromatic rings. The third kappa shape index (κ3) is 4.67. The van der Waals surface area contributed by atoms with E-state index in [4.69, 9.17) is 23.2 Å². The molecule has 0 bridgehead atoms. The third-order valence-electron chi connectivity index (χ3n) is 5.10. The average Bonchev–Trinajstić information content (AvgIpc) is 3.57. The second-order valence-corrected chi connectivity index (χ2v) is 9.84. The molecule has 5 nitrogen and oxygen atoms in total. The second kappa shape index (κ2) is 9.60. The van der Waals surface area contributed by atoms with Crippen LogP contribution in [0.2, 0.25) is 10.0 Å². The molecule has 0 aliphatic heterocycles. The van der Waals surface area contributed by atoms with Gasteiger partial charge in [-0.05, 0) is 42.0 Å². The maximum atomic E-state index is 6.52. The molecule has 0 fully saturated rings. The molecule has 162 valence electrons. The summed E-state index contributed by atoms with van der Waals surface area (Å²) in [5.41, 5.74) is 3.37. The van der Waals surface area contributed by atoms with Crippen molar-refractivity contribution in [2.75, 3.05) is 0 Å². The van der Waals surface area contributed by atoms with Crippen molar-refractivity contribution in [3.8, 4) is 10.3 Å². The van der Waals surface area contributed by atoms with Crippen LogP contribution in [0.15, 0.2) is 78.0 Å². The number of aromatic nitrogens is 4. The van der Waals surface area contributed by atoms with Gasteiger partial charge in [0.05, 0.1) is 0 Å². The normalized spacial score (nSPS) is 11.5. The summed E-state index contributed by atoms with van der Waals surface area (Å²) in [7, 11) is 0. The Kier molecular flexibility index (Phi) is 6.43. The molecule has 0 spiro atoms. The van der Waals surface area contributed by atoms with Crippen molar-refractivity contribution in [3.63, 3.8) is 0 Å².